The third-order valence-corrected chi connectivity index (χ3v) is 7.33. The van der Waals surface area contributed by atoms with Crippen molar-refractivity contribution in [1.29, 1.82) is 0 Å². The van der Waals surface area contributed by atoms with Crippen LogP contribution in [0.25, 0.3) is 0 Å². The average Bonchev–Trinajstić information content (AvgIpc) is 3.22. The highest BCUT2D eigenvalue weighted by atomic mass is 35.5. The van der Waals surface area contributed by atoms with Crippen LogP contribution in [0.2, 0.25) is 5.02 Å². The predicted octanol–water partition coefficient (Wildman–Crippen LogP) is 3.55. The van der Waals surface area contributed by atoms with Crippen LogP contribution in [0.5, 0.6) is 0 Å². The largest absolute Gasteiger partial charge is 0.352 e. The zero-order valence-corrected chi connectivity index (χ0v) is 18.9. The summed E-state index contributed by atoms with van der Waals surface area (Å²) in [6.45, 7) is 1.03. The maximum absolute atomic E-state index is 13.4. The maximum atomic E-state index is 13.4. The Kier molecular flexibility index (Phi) is 7.69. The molecule has 7 nitrogen and oxygen atoms in total. The number of carbonyl (C=O) groups is 2. The van der Waals surface area contributed by atoms with E-state index in [0.717, 1.165) is 30.0 Å². The van der Waals surface area contributed by atoms with Gasteiger partial charge in [-0.3, -0.25) is 9.59 Å². The Labute approximate surface area is 187 Å². The number of nitrogens with zero attached hydrogens (tertiary/aromatic N) is 1. The quantitative estimate of drug-likeness (QED) is 0.625. The fraction of sp³-hybridized carbons (Fsp3) is 0.364. The lowest BCUT2D eigenvalue weighted by Crippen LogP contribution is -2.43. The lowest BCUT2D eigenvalue weighted by molar-refractivity contribution is -0.122. The molecule has 3 rings (SSSR count). The summed E-state index contributed by atoms with van der Waals surface area (Å²) in [6.07, 6.45) is 3.95. The van der Waals surface area contributed by atoms with Crippen LogP contribution in [-0.2, 0) is 26.2 Å². The summed E-state index contributed by atoms with van der Waals surface area (Å²) in [5, 5.41) is 5.97. The Morgan fingerprint density at radius 3 is 2.32 bits per heavy atom. The van der Waals surface area contributed by atoms with Gasteiger partial charge in [-0.1, -0.05) is 42.6 Å². The topological polar surface area (TPSA) is 95.6 Å². The highest BCUT2D eigenvalue weighted by molar-refractivity contribution is 7.89. The van der Waals surface area contributed by atoms with Gasteiger partial charge in [0.05, 0.1) is 11.4 Å². The van der Waals surface area contributed by atoms with E-state index >= 15 is 0 Å². The van der Waals surface area contributed by atoms with E-state index in [1.165, 1.54) is 31.2 Å². The van der Waals surface area contributed by atoms with Gasteiger partial charge in [0.25, 0.3) is 0 Å². The van der Waals surface area contributed by atoms with E-state index in [0.29, 0.717) is 16.3 Å². The van der Waals surface area contributed by atoms with Crippen LogP contribution in [0.15, 0.2) is 53.4 Å². The number of rotatable bonds is 8. The van der Waals surface area contributed by atoms with Gasteiger partial charge in [-0.2, -0.15) is 4.31 Å². The van der Waals surface area contributed by atoms with Crippen LogP contribution in [0, 0.1) is 0 Å². The van der Waals surface area contributed by atoms with Crippen molar-refractivity contribution < 1.29 is 18.0 Å². The molecule has 2 amide bonds. The zero-order chi connectivity index (χ0) is 22.4. The molecule has 0 spiro atoms. The van der Waals surface area contributed by atoms with Crippen LogP contribution in [0.1, 0.15) is 38.2 Å². The molecule has 0 bridgehead atoms. The molecule has 0 heterocycles. The molecule has 2 N–H and O–H groups in total. The highest BCUT2D eigenvalue weighted by Crippen LogP contribution is 2.24. The number of halogens is 1. The van der Waals surface area contributed by atoms with Gasteiger partial charge in [0.15, 0.2) is 0 Å². The normalized spacial score (nSPS) is 14.5. The van der Waals surface area contributed by atoms with Gasteiger partial charge in [0, 0.05) is 30.2 Å². The molecule has 2 aromatic rings. The van der Waals surface area contributed by atoms with Crippen LogP contribution in [-0.4, -0.2) is 37.1 Å². The first kappa shape index (κ1) is 23.2. The monoisotopic (exact) mass is 463 g/mol. The molecule has 1 aliphatic rings. The summed E-state index contributed by atoms with van der Waals surface area (Å²) in [6, 6.07) is 12.9. The van der Waals surface area contributed by atoms with Gasteiger partial charge in [0.1, 0.15) is 0 Å². The molecule has 9 heteroatoms. The standard InChI is InChI=1S/C22H26ClN3O4S/c1-16(27)24-19-10-12-20(13-11-19)31(29,30)26(14-17-6-2-5-9-21(17)23)15-22(28)25-18-7-3-4-8-18/h2,5-6,9-13,18H,3-4,7-8,14-15H2,1H3,(H,24,27)(H,25,28). The Morgan fingerprint density at radius 1 is 1.06 bits per heavy atom. The van der Waals surface area contributed by atoms with E-state index in [9.17, 15) is 18.0 Å². The van der Waals surface area contributed by atoms with Gasteiger partial charge >= 0.3 is 0 Å². The van der Waals surface area contributed by atoms with Crippen LogP contribution in [0.4, 0.5) is 5.69 Å². The zero-order valence-electron chi connectivity index (χ0n) is 17.3. The molecule has 0 aliphatic heterocycles. The lowest BCUT2D eigenvalue weighted by Gasteiger charge is -2.23. The summed E-state index contributed by atoms with van der Waals surface area (Å²) in [5.41, 5.74) is 1.10. The number of nitrogens with one attached hydrogen (secondary N) is 2. The van der Waals surface area contributed by atoms with Crippen LogP contribution < -0.4 is 10.6 Å². The number of sulfonamides is 1. The van der Waals surface area contributed by atoms with Gasteiger partial charge < -0.3 is 10.6 Å². The molecule has 0 radical (unpaired) electrons. The summed E-state index contributed by atoms with van der Waals surface area (Å²) in [7, 11) is -3.99. The molecule has 0 atom stereocenters. The van der Waals surface area contributed by atoms with Crippen molar-refractivity contribution >= 4 is 39.1 Å². The predicted molar refractivity (Wildman–Crippen MR) is 120 cm³/mol. The minimum atomic E-state index is -3.99. The van der Waals surface area contributed by atoms with E-state index in [4.69, 9.17) is 11.6 Å². The minimum Gasteiger partial charge on any atom is -0.352 e. The Balaban J connectivity index is 1.85. The molecule has 1 fully saturated rings. The Bertz CT molecular complexity index is 1030. The molecule has 0 aromatic heterocycles. The third-order valence-electron chi connectivity index (χ3n) is 5.16. The van der Waals surface area contributed by atoms with Crippen molar-refractivity contribution in [3.63, 3.8) is 0 Å². The summed E-state index contributed by atoms with van der Waals surface area (Å²) in [4.78, 5) is 23.9. The molecule has 2 aromatic carbocycles. The summed E-state index contributed by atoms with van der Waals surface area (Å²) < 4.78 is 27.9. The Hall–Kier alpha value is -2.42. The molecular weight excluding hydrogens is 438 g/mol. The van der Waals surface area contributed by atoms with Crippen molar-refractivity contribution in [2.24, 2.45) is 0 Å². The summed E-state index contributed by atoms with van der Waals surface area (Å²) in [5.74, 6) is -0.586. The molecule has 1 aliphatic carbocycles. The van der Waals surface area contributed by atoms with Gasteiger partial charge in [-0.15, -0.1) is 0 Å². The molecular formula is C22H26ClN3O4S. The number of benzene rings is 2. The molecule has 0 unspecified atom stereocenters. The minimum absolute atomic E-state index is 0.0299. The van der Waals surface area contributed by atoms with Crippen molar-refractivity contribution in [2.45, 2.75) is 50.1 Å². The summed E-state index contributed by atoms with van der Waals surface area (Å²) >= 11 is 6.25. The number of hydrogen-bond acceptors (Lipinski definition) is 4. The average molecular weight is 464 g/mol. The second-order valence-corrected chi connectivity index (χ2v) is 9.96. The number of anilines is 1. The van der Waals surface area contributed by atoms with E-state index < -0.39 is 10.0 Å². The number of hydrogen-bond donors (Lipinski definition) is 2. The second-order valence-electron chi connectivity index (χ2n) is 7.62. The van der Waals surface area contributed by atoms with E-state index in [-0.39, 0.29) is 35.8 Å². The smallest absolute Gasteiger partial charge is 0.243 e. The molecule has 31 heavy (non-hydrogen) atoms. The second kappa shape index (κ2) is 10.3. The molecule has 0 saturated heterocycles. The van der Waals surface area contributed by atoms with E-state index in [1.54, 1.807) is 24.3 Å². The number of amides is 2. The van der Waals surface area contributed by atoms with Crippen LogP contribution >= 0.6 is 11.6 Å². The fourth-order valence-corrected chi connectivity index (χ4v) is 5.18. The first-order valence-corrected chi connectivity index (χ1v) is 12.0. The van der Waals surface area contributed by atoms with Crippen molar-refractivity contribution in [3.05, 3.63) is 59.1 Å². The number of carbonyl (C=O) groups excluding carboxylic acids is 2. The first-order chi connectivity index (χ1) is 14.8. The van der Waals surface area contributed by atoms with Gasteiger partial charge in [-0.05, 0) is 48.7 Å². The van der Waals surface area contributed by atoms with Crippen molar-refractivity contribution in [3.8, 4) is 0 Å². The fourth-order valence-electron chi connectivity index (χ4n) is 3.61. The van der Waals surface area contributed by atoms with Crippen molar-refractivity contribution in [2.75, 3.05) is 11.9 Å². The van der Waals surface area contributed by atoms with Gasteiger partial charge in [-0.25, -0.2) is 8.42 Å². The molecule has 1 saturated carbocycles. The van der Waals surface area contributed by atoms with Gasteiger partial charge in [0.2, 0.25) is 21.8 Å². The van der Waals surface area contributed by atoms with E-state index in [1.807, 2.05) is 0 Å². The first-order valence-electron chi connectivity index (χ1n) is 10.2. The van der Waals surface area contributed by atoms with Crippen molar-refractivity contribution in [1.82, 2.24) is 9.62 Å². The maximum Gasteiger partial charge on any atom is 0.243 e. The highest BCUT2D eigenvalue weighted by Gasteiger charge is 2.28. The molecule has 166 valence electrons. The third kappa shape index (κ3) is 6.29. The van der Waals surface area contributed by atoms with Crippen LogP contribution in [0.3, 0.4) is 0 Å². The lowest BCUT2D eigenvalue weighted by atomic mass is 10.2. The Morgan fingerprint density at radius 2 is 1.71 bits per heavy atom. The SMILES string of the molecule is CC(=O)Nc1ccc(S(=O)(=O)N(CC(=O)NC2CCCC2)Cc2ccccc2Cl)cc1. The van der Waals surface area contributed by atoms with E-state index in [2.05, 4.69) is 10.6 Å².